The predicted molar refractivity (Wildman–Crippen MR) is 90.4 cm³/mol. The molecule has 1 aromatic carbocycles. The summed E-state index contributed by atoms with van der Waals surface area (Å²) in [5.74, 6) is 3.94. The van der Waals surface area contributed by atoms with E-state index in [0.717, 1.165) is 42.2 Å². The molecule has 4 rings (SSSR count). The minimum absolute atomic E-state index is 0.189. The zero-order chi connectivity index (χ0) is 16.0. The van der Waals surface area contributed by atoms with E-state index in [1.165, 1.54) is 32.1 Å². The number of rotatable bonds is 5. The van der Waals surface area contributed by atoms with Gasteiger partial charge in [0.25, 0.3) is 0 Å². The highest BCUT2D eigenvalue weighted by Gasteiger charge is 2.53. The van der Waals surface area contributed by atoms with E-state index in [1.54, 1.807) is 12.1 Å². The number of benzene rings is 1. The summed E-state index contributed by atoms with van der Waals surface area (Å²) in [6.45, 7) is 0.972. The van der Waals surface area contributed by atoms with Crippen molar-refractivity contribution in [2.24, 2.45) is 28.8 Å². The van der Waals surface area contributed by atoms with Crippen molar-refractivity contribution in [2.75, 3.05) is 6.54 Å². The van der Waals surface area contributed by atoms with E-state index in [9.17, 15) is 8.42 Å². The van der Waals surface area contributed by atoms with Gasteiger partial charge in [-0.1, -0.05) is 18.6 Å². The Hall–Kier alpha value is -0.910. The van der Waals surface area contributed by atoms with Crippen LogP contribution in [0.1, 0.15) is 37.7 Å². The van der Waals surface area contributed by atoms with Crippen molar-refractivity contribution in [3.63, 3.8) is 0 Å². The molecule has 3 aliphatic rings. The van der Waals surface area contributed by atoms with Crippen molar-refractivity contribution in [1.29, 1.82) is 0 Å². The van der Waals surface area contributed by atoms with Crippen molar-refractivity contribution in [3.8, 4) is 0 Å². The van der Waals surface area contributed by atoms with E-state index in [4.69, 9.17) is 5.14 Å². The van der Waals surface area contributed by atoms with Gasteiger partial charge in [0, 0.05) is 6.04 Å². The van der Waals surface area contributed by atoms with Gasteiger partial charge in [0.15, 0.2) is 0 Å². The number of nitrogens with two attached hydrogens (primary N) is 1. The molecule has 0 saturated heterocycles. The van der Waals surface area contributed by atoms with Crippen LogP contribution in [0.5, 0.6) is 0 Å². The minimum Gasteiger partial charge on any atom is -0.313 e. The predicted octanol–water partition coefficient (Wildman–Crippen LogP) is 2.29. The lowest BCUT2D eigenvalue weighted by molar-refractivity contribution is 0.209. The van der Waals surface area contributed by atoms with Gasteiger partial charge < -0.3 is 5.32 Å². The summed E-state index contributed by atoms with van der Waals surface area (Å²) in [6.07, 6.45) is 8.15. The molecule has 2 bridgehead atoms. The van der Waals surface area contributed by atoms with Crippen LogP contribution >= 0.6 is 0 Å². The van der Waals surface area contributed by atoms with Gasteiger partial charge in [0.05, 0.1) is 4.90 Å². The average molecular weight is 334 g/mol. The molecule has 0 spiro atoms. The van der Waals surface area contributed by atoms with Gasteiger partial charge in [0.1, 0.15) is 0 Å². The second kappa shape index (κ2) is 5.87. The van der Waals surface area contributed by atoms with Crippen molar-refractivity contribution in [3.05, 3.63) is 29.8 Å². The van der Waals surface area contributed by atoms with Crippen LogP contribution < -0.4 is 10.5 Å². The monoisotopic (exact) mass is 334 g/mol. The molecular weight excluding hydrogens is 308 g/mol. The smallest absolute Gasteiger partial charge is 0.238 e. The van der Waals surface area contributed by atoms with Crippen molar-refractivity contribution in [1.82, 2.24) is 5.32 Å². The lowest BCUT2D eigenvalue weighted by atomic mass is 9.79. The van der Waals surface area contributed by atoms with Gasteiger partial charge in [-0.05, 0) is 80.0 Å². The van der Waals surface area contributed by atoms with Crippen LogP contribution in [0.25, 0.3) is 0 Å². The SMILES string of the molecule is NS(=O)(=O)c1ccc(CCNC2CC3CC2C2CCCC32)cc1. The van der Waals surface area contributed by atoms with Crippen LogP contribution in [0.3, 0.4) is 0 Å². The normalized spacial score (nSPS) is 35.6. The Morgan fingerprint density at radius 1 is 1.04 bits per heavy atom. The first-order valence-corrected chi connectivity index (χ1v) is 10.4. The minimum atomic E-state index is -3.58. The summed E-state index contributed by atoms with van der Waals surface area (Å²) < 4.78 is 22.5. The molecule has 3 N–H and O–H groups in total. The number of hydrogen-bond donors (Lipinski definition) is 2. The van der Waals surface area contributed by atoms with E-state index in [-0.39, 0.29) is 4.90 Å². The molecule has 0 radical (unpaired) electrons. The molecule has 126 valence electrons. The summed E-state index contributed by atoms with van der Waals surface area (Å²) in [5.41, 5.74) is 1.16. The first kappa shape index (κ1) is 15.6. The highest BCUT2D eigenvalue weighted by Crippen LogP contribution is 2.58. The van der Waals surface area contributed by atoms with E-state index in [0.29, 0.717) is 6.04 Å². The van der Waals surface area contributed by atoms with E-state index < -0.39 is 10.0 Å². The molecule has 0 heterocycles. The Morgan fingerprint density at radius 3 is 2.52 bits per heavy atom. The molecule has 23 heavy (non-hydrogen) atoms. The van der Waals surface area contributed by atoms with Gasteiger partial charge >= 0.3 is 0 Å². The summed E-state index contributed by atoms with van der Waals surface area (Å²) in [6, 6.07) is 7.66. The average Bonchev–Trinajstić information content (AvgIpc) is 3.19. The zero-order valence-corrected chi connectivity index (χ0v) is 14.3. The maximum absolute atomic E-state index is 11.3. The molecule has 3 fully saturated rings. The Kier molecular flexibility index (Phi) is 3.98. The van der Waals surface area contributed by atoms with Crippen LogP contribution in [0, 0.1) is 23.7 Å². The summed E-state index contributed by atoms with van der Waals surface area (Å²) >= 11 is 0. The van der Waals surface area contributed by atoms with E-state index in [1.807, 2.05) is 12.1 Å². The molecule has 3 saturated carbocycles. The van der Waals surface area contributed by atoms with E-state index >= 15 is 0 Å². The maximum atomic E-state index is 11.3. The second-order valence-electron chi connectivity index (χ2n) is 7.65. The van der Waals surface area contributed by atoms with Crippen LogP contribution in [0.4, 0.5) is 0 Å². The lowest BCUT2D eigenvalue weighted by Crippen LogP contribution is -2.40. The van der Waals surface area contributed by atoms with Gasteiger partial charge in [-0.25, -0.2) is 13.6 Å². The molecule has 5 unspecified atom stereocenters. The van der Waals surface area contributed by atoms with E-state index in [2.05, 4.69) is 5.32 Å². The number of nitrogens with one attached hydrogen (secondary N) is 1. The quantitative estimate of drug-likeness (QED) is 0.868. The molecule has 0 aromatic heterocycles. The molecule has 0 amide bonds. The highest BCUT2D eigenvalue weighted by molar-refractivity contribution is 7.89. The van der Waals surface area contributed by atoms with Crippen LogP contribution in [0.2, 0.25) is 0 Å². The first-order valence-electron chi connectivity index (χ1n) is 8.87. The Balaban J connectivity index is 1.29. The molecule has 5 atom stereocenters. The van der Waals surface area contributed by atoms with Crippen LogP contribution in [0.15, 0.2) is 29.2 Å². The lowest BCUT2D eigenvalue weighted by Gasteiger charge is -2.32. The zero-order valence-electron chi connectivity index (χ0n) is 13.4. The Bertz CT molecular complexity index is 671. The fourth-order valence-corrected chi connectivity index (χ4v) is 6.07. The van der Waals surface area contributed by atoms with Gasteiger partial charge in [-0.15, -0.1) is 0 Å². The third-order valence-corrected chi connectivity index (χ3v) is 7.43. The number of hydrogen-bond acceptors (Lipinski definition) is 3. The summed E-state index contributed by atoms with van der Waals surface area (Å²) in [7, 11) is -3.58. The number of fused-ring (bicyclic) bond motifs is 5. The number of primary sulfonamides is 1. The maximum Gasteiger partial charge on any atom is 0.238 e. The van der Waals surface area contributed by atoms with Gasteiger partial charge in [-0.3, -0.25) is 0 Å². The molecule has 5 heteroatoms. The third kappa shape index (κ3) is 2.94. The Morgan fingerprint density at radius 2 is 1.78 bits per heavy atom. The Labute approximate surface area is 138 Å². The molecule has 1 aromatic rings. The third-order valence-electron chi connectivity index (χ3n) is 6.50. The van der Waals surface area contributed by atoms with Crippen molar-refractivity contribution < 1.29 is 8.42 Å². The topological polar surface area (TPSA) is 72.2 Å². The molecular formula is C18H26N2O2S. The van der Waals surface area contributed by atoms with Crippen molar-refractivity contribution in [2.45, 2.75) is 49.5 Å². The molecule has 3 aliphatic carbocycles. The molecule has 0 aliphatic heterocycles. The van der Waals surface area contributed by atoms with Gasteiger partial charge in [0.2, 0.25) is 10.0 Å². The highest BCUT2D eigenvalue weighted by atomic mass is 32.2. The fourth-order valence-electron chi connectivity index (χ4n) is 5.55. The van der Waals surface area contributed by atoms with Crippen LogP contribution in [-0.2, 0) is 16.4 Å². The largest absolute Gasteiger partial charge is 0.313 e. The van der Waals surface area contributed by atoms with Crippen LogP contribution in [-0.4, -0.2) is 21.0 Å². The first-order chi connectivity index (χ1) is 11.0. The fraction of sp³-hybridized carbons (Fsp3) is 0.667. The van der Waals surface area contributed by atoms with Crippen molar-refractivity contribution >= 4 is 10.0 Å². The summed E-state index contributed by atoms with van der Waals surface area (Å²) in [5, 5.41) is 8.90. The summed E-state index contributed by atoms with van der Waals surface area (Å²) in [4.78, 5) is 0.189. The number of sulfonamides is 1. The second-order valence-corrected chi connectivity index (χ2v) is 9.21. The van der Waals surface area contributed by atoms with Gasteiger partial charge in [-0.2, -0.15) is 0 Å². The molecule has 4 nitrogen and oxygen atoms in total. The standard InChI is InChI=1S/C18H26N2O2S/c19-23(21,22)14-6-4-12(5-7-14)8-9-20-18-11-13-10-17(18)16-3-1-2-15(13)16/h4-7,13,15-18,20H,1-3,8-11H2,(H2,19,21,22).